The Labute approximate surface area is 118 Å². The van der Waals surface area contributed by atoms with Gasteiger partial charge in [0.15, 0.2) is 0 Å². The van der Waals surface area contributed by atoms with Crippen molar-refractivity contribution in [2.45, 2.75) is 23.8 Å². The molecule has 3 fully saturated rings. The SMILES string of the molecule is CSc1ccnc(C(=O)N[C@H]2CN3CCC2CC3)c1. The van der Waals surface area contributed by atoms with Crippen LogP contribution in [0.25, 0.3) is 0 Å². The second kappa shape index (κ2) is 5.51. The van der Waals surface area contributed by atoms with Crippen LogP contribution in [-0.2, 0) is 0 Å². The molecule has 102 valence electrons. The predicted molar refractivity (Wildman–Crippen MR) is 76.4 cm³/mol. The molecule has 1 aromatic heterocycles. The summed E-state index contributed by atoms with van der Waals surface area (Å²) in [6.45, 7) is 3.38. The van der Waals surface area contributed by atoms with E-state index in [4.69, 9.17) is 0 Å². The first kappa shape index (κ1) is 12.9. The van der Waals surface area contributed by atoms with Crippen molar-refractivity contribution in [1.82, 2.24) is 15.2 Å². The number of pyridine rings is 1. The van der Waals surface area contributed by atoms with Gasteiger partial charge in [-0.2, -0.15) is 0 Å². The van der Waals surface area contributed by atoms with Crippen molar-refractivity contribution in [2.75, 3.05) is 25.9 Å². The monoisotopic (exact) mass is 277 g/mol. The molecule has 3 aliphatic rings. The van der Waals surface area contributed by atoms with Crippen molar-refractivity contribution >= 4 is 17.7 Å². The second-order valence-corrected chi connectivity index (χ2v) is 6.18. The van der Waals surface area contributed by atoms with Crippen LogP contribution in [0, 0.1) is 5.92 Å². The number of nitrogens with zero attached hydrogens (tertiary/aromatic N) is 2. The number of piperidine rings is 3. The van der Waals surface area contributed by atoms with Gasteiger partial charge in [0.1, 0.15) is 5.69 Å². The van der Waals surface area contributed by atoms with Crippen LogP contribution in [0.1, 0.15) is 23.3 Å². The van der Waals surface area contributed by atoms with Crippen LogP contribution in [0.4, 0.5) is 0 Å². The smallest absolute Gasteiger partial charge is 0.270 e. The molecule has 19 heavy (non-hydrogen) atoms. The lowest BCUT2D eigenvalue weighted by molar-refractivity contribution is 0.0617. The molecule has 0 aliphatic carbocycles. The van der Waals surface area contributed by atoms with Gasteiger partial charge in [-0.25, -0.2) is 0 Å². The highest BCUT2D eigenvalue weighted by atomic mass is 32.2. The van der Waals surface area contributed by atoms with Crippen molar-refractivity contribution in [2.24, 2.45) is 5.92 Å². The van der Waals surface area contributed by atoms with Gasteiger partial charge in [0, 0.05) is 23.7 Å². The summed E-state index contributed by atoms with van der Waals surface area (Å²) in [5.41, 5.74) is 0.531. The number of hydrogen-bond donors (Lipinski definition) is 1. The molecule has 1 N–H and O–H groups in total. The summed E-state index contributed by atoms with van der Waals surface area (Å²) in [5, 5.41) is 3.17. The lowest BCUT2D eigenvalue weighted by atomic mass is 9.84. The maximum atomic E-state index is 12.3. The van der Waals surface area contributed by atoms with Crippen molar-refractivity contribution in [3.8, 4) is 0 Å². The summed E-state index contributed by atoms with van der Waals surface area (Å²) in [6.07, 6.45) is 6.13. The molecule has 2 bridgehead atoms. The van der Waals surface area contributed by atoms with E-state index < -0.39 is 0 Å². The molecule has 1 amide bonds. The Hall–Kier alpha value is -1.07. The minimum atomic E-state index is -0.0327. The van der Waals surface area contributed by atoms with Gasteiger partial charge in [-0.05, 0) is 50.2 Å². The third-order valence-electron chi connectivity index (χ3n) is 4.17. The zero-order valence-electron chi connectivity index (χ0n) is 11.1. The molecule has 4 heterocycles. The third-order valence-corrected chi connectivity index (χ3v) is 4.90. The number of fused-ring (bicyclic) bond motifs is 3. The molecule has 5 heteroatoms. The van der Waals surface area contributed by atoms with E-state index in [2.05, 4.69) is 15.2 Å². The predicted octanol–water partition coefficient (Wildman–Crippen LogP) is 1.63. The largest absolute Gasteiger partial charge is 0.346 e. The second-order valence-electron chi connectivity index (χ2n) is 5.30. The number of carbonyl (C=O) groups excluding carboxylic acids is 1. The lowest BCUT2D eigenvalue weighted by Crippen LogP contribution is -2.57. The first-order valence-corrected chi connectivity index (χ1v) is 8.02. The normalized spacial score (nSPS) is 29.2. The number of aromatic nitrogens is 1. The summed E-state index contributed by atoms with van der Waals surface area (Å²) in [4.78, 5) is 20.0. The fourth-order valence-corrected chi connectivity index (χ4v) is 3.46. The standard InChI is InChI=1S/C14H19N3OS/c1-19-11-2-5-15-12(8-11)14(18)16-13-9-17-6-3-10(13)4-7-17/h2,5,8,10,13H,3-4,6-7,9H2,1H3,(H,16,18)/t13-/m0/s1. The average molecular weight is 277 g/mol. The Morgan fingerprint density at radius 1 is 1.47 bits per heavy atom. The van der Waals surface area contributed by atoms with Crippen LogP contribution in [0.2, 0.25) is 0 Å². The average Bonchev–Trinajstić information content (AvgIpc) is 2.48. The van der Waals surface area contributed by atoms with E-state index in [1.165, 1.54) is 25.9 Å². The topological polar surface area (TPSA) is 45.2 Å². The van der Waals surface area contributed by atoms with Gasteiger partial charge < -0.3 is 10.2 Å². The molecule has 1 atom stereocenters. The van der Waals surface area contributed by atoms with E-state index in [1.54, 1.807) is 18.0 Å². The summed E-state index contributed by atoms with van der Waals surface area (Å²) < 4.78 is 0. The Bertz CT molecular complexity index is 472. The van der Waals surface area contributed by atoms with Gasteiger partial charge in [0.2, 0.25) is 0 Å². The molecule has 0 unspecified atom stereocenters. The first-order valence-electron chi connectivity index (χ1n) is 6.79. The van der Waals surface area contributed by atoms with Gasteiger partial charge >= 0.3 is 0 Å². The molecule has 0 aromatic carbocycles. The first-order chi connectivity index (χ1) is 9.26. The van der Waals surface area contributed by atoms with E-state index in [0.717, 1.165) is 11.4 Å². The number of thioether (sulfide) groups is 1. The fourth-order valence-electron chi connectivity index (χ4n) is 3.03. The van der Waals surface area contributed by atoms with Crippen LogP contribution < -0.4 is 5.32 Å². The highest BCUT2D eigenvalue weighted by Crippen LogP contribution is 2.27. The van der Waals surface area contributed by atoms with Gasteiger partial charge in [-0.15, -0.1) is 11.8 Å². The number of hydrogen-bond acceptors (Lipinski definition) is 4. The van der Waals surface area contributed by atoms with Crippen LogP contribution in [-0.4, -0.2) is 47.7 Å². The Balaban J connectivity index is 1.67. The fraction of sp³-hybridized carbons (Fsp3) is 0.571. The minimum Gasteiger partial charge on any atom is -0.346 e. The van der Waals surface area contributed by atoms with Crippen LogP contribution >= 0.6 is 11.8 Å². The van der Waals surface area contributed by atoms with Crippen LogP contribution in [0.15, 0.2) is 23.2 Å². The molecule has 0 spiro atoms. The molecule has 4 nitrogen and oxygen atoms in total. The molecular weight excluding hydrogens is 258 g/mol. The Morgan fingerprint density at radius 2 is 2.26 bits per heavy atom. The number of carbonyl (C=O) groups is 1. The number of nitrogens with one attached hydrogen (secondary N) is 1. The molecule has 3 saturated heterocycles. The van der Waals surface area contributed by atoms with E-state index in [1.807, 2.05) is 18.4 Å². The zero-order valence-corrected chi connectivity index (χ0v) is 11.9. The van der Waals surface area contributed by atoms with Crippen molar-refractivity contribution in [3.63, 3.8) is 0 Å². The van der Waals surface area contributed by atoms with Gasteiger partial charge in [-0.1, -0.05) is 0 Å². The van der Waals surface area contributed by atoms with Crippen LogP contribution in [0.3, 0.4) is 0 Å². The number of amides is 1. The number of rotatable bonds is 3. The van der Waals surface area contributed by atoms with Gasteiger partial charge in [-0.3, -0.25) is 9.78 Å². The summed E-state index contributed by atoms with van der Waals surface area (Å²) in [6, 6.07) is 4.09. The lowest BCUT2D eigenvalue weighted by Gasteiger charge is -2.44. The van der Waals surface area contributed by atoms with Gasteiger partial charge in [0.25, 0.3) is 5.91 Å². The third kappa shape index (κ3) is 2.77. The summed E-state index contributed by atoms with van der Waals surface area (Å²) in [5.74, 6) is 0.618. The maximum Gasteiger partial charge on any atom is 0.270 e. The molecule has 0 saturated carbocycles. The van der Waals surface area contributed by atoms with E-state index in [9.17, 15) is 4.79 Å². The van der Waals surface area contributed by atoms with E-state index in [-0.39, 0.29) is 5.91 Å². The van der Waals surface area contributed by atoms with E-state index >= 15 is 0 Å². The molecule has 4 rings (SSSR count). The summed E-state index contributed by atoms with van der Waals surface area (Å²) >= 11 is 1.63. The highest BCUT2D eigenvalue weighted by Gasteiger charge is 2.35. The highest BCUT2D eigenvalue weighted by molar-refractivity contribution is 7.98. The van der Waals surface area contributed by atoms with Crippen molar-refractivity contribution in [3.05, 3.63) is 24.0 Å². The van der Waals surface area contributed by atoms with Crippen molar-refractivity contribution < 1.29 is 4.79 Å². The molecular formula is C14H19N3OS. The molecule has 3 aliphatic heterocycles. The van der Waals surface area contributed by atoms with Crippen LogP contribution in [0.5, 0.6) is 0 Å². The Morgan fingerprint density at radius 3 is 2.89 bits per heavy atom. The molecule has 1 aromatic rings. The quantitative estimate of drug-likeness (QED) is 0.853. The zero-order chi connectivity index (χ0) is 13.2. The molecule has 0 radical (unpaired) electrons. The Kier molecular flexibility index (Phi) is 3.75. The minimum absolute atomic E-state index is 0.0327. The maximum absolute atomic E-state index is 12.3. The van der Waals surface area contributed by atoms with E-state index in [0.29, 0.717) is 17.7 Å². The summed E-state index contributed by atoms with van der Waals surface area (Å²) in [7, 11) is 0. The van der Waals surface area contributed by atoms with Gasteiger partial charge in [0.05, 0.1) is 0 Å². The van der Waals surface area contributed by atoms with Crippen molar-refractivity contribution in [1.29, 1.82) is 0 Å².